The van der Waals surface area contributed by atoms with Crippen molar-refractivity contribution in [2.45, 2.75) is 0 Å². The molecule has 0 aliphatic carbocycles. The van der Waals surface area contributed by atoms with Gasteiger partial charge in [-0.2, -0.15) is 0 Å². The Kier molecular flexibility index (Phi) is 6.49. The Morgan fingerprint density at radius 1 is 0.320 bits per heavy atom. The van der Waals surface area contributed by atoms with Crippen molar-refractivity contribution in [2.24, 2.45) is 0 Å². The molecule has 0 aliphatic rings. The minimum atomic E-state index is 0.687. The van der Waals surface area contributed by atoms with Gasteiger partial charge in [-0.3, -0.25) is 0 Å². The SMILES string of the molecule is c1ccc2c(-c3cc(-c4cccc5ccccc45)nc(-c4ccc(-c5nc6ccccc6c6c5ccc5ccccc56)cc4)n3)cccc2c1. The Bertz CT molecular complexity index is 2800. The highest BCUT2D eigenvalue weighted by molar-refractivity contribution is 6.22. The summed E-state index contributed by atoms with van der Waals surface area (Å²) in [5.41, 5.74) is 7.93. The molecule has 0 amide bonds. The molecule has 10 rings (SSSR count). The lowest BCUT2D eigenvalue weighted by molar-refractivity contribution is 1.19. The first kappa shape index (κ1) is 28.3. The second-order valence-corrected chi connectivity index (χ2v) is 12.8. The summed E-state index contributed by atoms with van der Waals surface area (Å²) in [6.45, 7) is 0. The van der Waals surface area contributed by atoms with Crippen molar-refractivity contribution in [3.05, 3.63) is 176 Å². The normalized spacial score (nSPS) is 11.6. The third-order valence-electron chi connectivity index (χ3n) is 9.86. The van der Waals surface area contributed by atoms with Gasteiger partial charge in [0.1, 0.15) is 0 Å². The molecule has 2 aromatic heterocycles. The molecule has 2 heterocycles. The fourth-order valence-corrected chi connectivity index (χ4v) is 7.47. The lowest BCUT2D eigenvalue weighted by Gasteiger charge is -2.14. The topological polar surface area (TPSA) is 38.7 Å². The van der Waals surface area contributed by atoms with E-state index in [9.17, 15) is 0 Å². The zero-order valence-electron chi connectivity index (χ0n) is 27.1. The number of pyridine rings is 1. The summed E-state index contributed by atoms with van der Waals surface area (Å²) in [6.07, 6.45) is 0. The van der Waals surface area contributed by atoms with E-state index in [0.29, 0.717) is 5.82 Å². The lowest BCUT2D eigenvalue weighted by Crippen LogP contribution is -1.97. The zero-order chi connectivity index (χ0) is 33.0. The molecule has 3 heteroatoms. The van der Waals surface area contributed by atoms with E-state index in [0.717, 1.165) is 50.2 Å². The van der Waals surface area contributed by atoms with E-state index >= 15 is 0 Å². The molecule has 0 aliphatic heterocycles. The number of benzene rings is 8. The van der Waals surface area contributed by atoms with E-state index in [-0.39, 0.29) is 0 Å². The third-order valence-corrected chi connectivity index (χ3v) is 9.86. The molecule has 232 valence electrons. The van der Waals surface area contributed by atoms with Gasteiger partial charge in [0.2, 0.25) is 0 Å². The van der Waals surface area contributed by atoms with Crippen LogP contribution < -0.4 is 0 Å². The fraction of sp³-hybridized carbons (Fsp3) is 0. The maximum absolute atomic E-state index is 5.23. The van der Waals surface area contributed by atoms with Gasteiger partial charge in [-0.15, -0.1) is 0 Å². The van der Waals surface area contributed by atoms with Crippen molar-refractivity contribution >= 4 is 54.0 Å². The summed E-state index contributed by atoms with van der Waals surface area (Å²) in [5, 5.41) is 10.7. The molecular weight excluding hydrogens is 607 g/mol. The second kappa shape index (κ2) is 11.5. The minimum absolute atomic E-state index is 0.687. The molecule has 3 nitrogen and oxygen atoms in total. The third kappa shape index (κ3) is 4.63. The van der Waals surface area contributed by atoms with E-state index in [4.69, 9.17) is 15.0 Å². The fourth-order valence-electron chi connectivity index (χ4n) is 7.47. The zero-order valence-corrected chi connectivity index (χ0v) is 27.1. The Hall–Kier alpha value is -6.71. The summed E-state index contributed by atoms with van der Waals surface area (Å²) >= 11 is 0. The molecule has 0 bridgehead atoms. The predicted molar refractivity (Wildman–Crippen MR) is 209 cm³/mol. The van der Waals surface area contributed by atoms with Crippen molar-refractivity contribution in [2.75, 3.05) is 0 Å². The largest absolute Gasteiger partial charge is 0.247 e. The van der Waals surface area contributed by atoms with Crippen LogP contribution in [0.1, 0.15) is 0 Å². The molecule has 0 saturated carbocycles. The van der Waals surface area contributed by atoms with Crippen LogP contribution in [0, 0.1) is 0 Å². The Labute approximate surface area is 289 Å². The lowest BCUT2D eigenvalue weighted by atomic mass is 9.95. The Morgan fingerprint density at radius 2 is 0.820 bits per heavy atom. The van der Waals surface area contributed by atoms with E-state index in [1.165, 1.54) is 43.1 Å². The number of para-hydroxylation sites is 1. The maximum Gasteiger partial charge on any atom is 0.160 e. The van der Waals surface area contributed by atoms with E-state index in [1.807, 2.05) is 0 Å². The van der Waals surface area contributed by atoms with Gasteiger partial charge in [-0.05, 0) is 44.5 Å². The predicted octanol–water partition coefficient (Wildman–Crippen LogP) is 12.3. The standard InChI is InChI=1S/C47H29N3/c1-4-16-35-30(11-1)14-9-20-38(35)43-29-44(39-21-10-15-31-12-2-5-17-36(31)39)50-47(49-43)34-25-23-33(24-26-34)46-41-28-27-32-13-3-6-18-37(32)45(41)40-19-7-8-22-42(40)48-46/h1-29H. The first-order valence-electron chi connectivity index (χ1n) is 16.9. The molecular formula is C47H29N3. The first-order chi connectivity index (χ1) is 24.8. The summed E-state index contributed by atoms with van der Waals surface area (Å²) in [4.78, 5) is 15.7. The van der Waals surface area contributed by atoms with Crippen LogP contribution in [-0.4, -0.2) is 15.0 Å². The molecule has 0 atom stereocenters. The van der Waals surface area contributed by atoms with Crippen LogP contribution in [-0.2, 0) is 0 Å². The summed E-state index contributed by atoms with van der Waals surface area (Å²) < 4.78 is 0. The van der Waals surface area contributed by atoms with Crippen LogP contribution in [0.15, 0.2) is 176 Å². The van der Waals surface area contributed by atoms with Crippen LogP contribution in [0.2, 0.25) is 0 Å². The maximum atomic E-state index is 5.23. The first-order valence-corrected chi connectivity index (χ1v) is 16.9. The number of nitrogens with zero attached hydrogens (tertiary/aromatic N) is 3. The molecule has 10 aromatic rings. The molecule has 50 heavy (non-hydrogen) atoms. The van der Waals surface area contributed by atoms with Gasteiger partial charge in [0.25, 0.3) is 0 Å². The number of rotatable bonds is 4. The molecule has 0 radical (unpaired) electrons. The van der Waals surface area contributed by atoms with Crippen molar-refractivity contribution in [3.63, 3.8) is 0 Å². The van der Waals surface area contributed by atoms with Crippen molar-refractivity contribution in [1.82, 2.24) is 15.0 Å². The smallest absolute Gasteiger partial charge is 0.160 e. The van der Waals surface area contributed by atoms with Crippen LogP contribution >= 0.6 is 0 Å². The van der Waals surface area contributed by atoms with E-state index < -0.39 is 0 Å². The summed E-state index contributed by atoms with van der Waals surface area (Å²) in [6, 6.07) is 62.0. The van der Waals surface area contributed by atoms with Crippen LogP contribution in [0.5, 0.6) is 0 Å². The van der Waals surface area contributed by atoms with Crippen molar-refractivity contribution in [3.8, 4) is 45.2 Å². The van der Waals surface area contributed by atoms with Crippen LogP contribution in [0.25, 0.3) is 99.2 Å². The number of aromatic nitrogens is 3. The Morgan fingerprint density at radius 3 is 1.46 bits per heavy atom. The number of hydrogen-bond acceptors (Lipinski definition) is 3. The minimum Gasteiger partial charge on any atom is -0.247 e. The highest BCUT2D eigenvalue weighted by Gasteiger charge is 2.16. The van der Waals surface area contributed by atoms with Gasteiger partial charge in [0.15, 0.2) is 5.82 Å². The van der Waals surface area contributed by atoms with Crippen molar-refractivity contribution < 1.29 is 0 Å². The van der Waals surface area contributed by atoms with Crippen LogP contribution in [0.3, 0.4) is 0 Å². The van der Waals surface area contributed by atoms with Gasteiger partial charge in [-0.1, -0.05) is 164 Å². The van der Waals surface area contributed by atoms with Gasteiger partial charge in [0, 0.05) is 38.4 Å². The number of fused-ring (bicyclic) bond motifs is 7. The van der Waals surface area contributed by atoms with E-state index in [1.54, 1.807) is 0 Å². The molecule has 8 aromatic carbocycles. The summed E-state index contributed by atoms with van der Waals surface area (Å²) in [5.74, 6) is 0.687. The monoisotopic (exact) mass is 635 g/mol. The highest BCUT2D eigenvalue weighted by atomic mass is 14.9. The second-order valence-electron chi connectivity index (χ2n) is 12.8. The van der Waals surface area contributed by atoms with Crippen molar-refractivity contribution in [1.29, 1.82) is 0 Å². The average Bonchev–Trinajstić information content (AvgIpc) is 3.19. The average molecular weight is 636 g/mol. The Balaban J connectivity index is 1.16. The molecule has 0 spiro atoms. The van der Waals surface area contributed by atoms with Gasteiger partial charge in [-0.25, -0.2) is 15.0 Å². The van der Waals surface area contributed by atoms with Gasteiger partial charge >= 0.3 is 0 Å². The van der Waals surface area contributed by atoms with Gasteiger partial charge < -0.3 is 0 Å². The summed E-state index contributed by atoms with van der Waals surface area (Å²) in [7, 11) is 0. The van der Waals surface area contributed by atoms with Gasteiger partial charge in [0.05, 0.1) is 22.6 Å². The molecule has 0 fully saturated rings. The molecule has 0 N–H and O–H groups in total. The molecule has 0 saturated heterocycles. The van der Waals surface area contributed by atoms with E-state index in [2.05, 4.69) is 176 Å². The highest BCUT2D eigenvalue weighted by Crippen LogP contribution is 2.38. The van der Waals surface area contributed by atoms with Crippen LogP contribution in [0.4, 0.5) is 0 Å². The quantitative estimate of drug-likeness (QED) is 0.181. The number of hydrogen-bond donors (Lipinski definition) is 0. The molecule has 0 unspecified atom stereocenters.